The number of ketones is 1. The lowest BCUT2D eigenvalue weighted by Crippen LogP contribution is -2.33. The van der Waals surface area contributed by atoms with Crippen molar-refractivity contribution in [3.63, 3.8) is 0 Å². The van der Waals surface area contributed by atoms with Crippen LogP contribution in [-0.4, -0.2) is 48.1 Å². The summed E-state index contributed by atoms with van der Waals surface area (Å²) in [6.07, 6.45) is 0.854. The zero-order chi connectivity index (χ0) is 23.4. The van der Waals surface area contributed by atoms with Crippen LogP contribution in [0.15, 0.2) is 48.0 Å². The van der Waals surface area contributed by atoms with Gasteiger partial charge in [0.2, 0.25) is 0 Å². The number of benzene rings is 2. The second-order valence-corrected chi connectivity index (χ2v) is 8.26. The molecule has 0 aromatic heterocycles. The summed E-state index contributed by atoms with van der Waals surface area (Å²) in [5, 5.41) is 11.4. The van der Waals surface area contributed by atoms with Crippen molar-refractivity contribution in [3.05, 3.63) is 69.8 Å². The standard InChI is InChI=1S/C25H28ClNO5/c1-5-16-6-8-17(9-7-16)22-21(23(28)19-14-18(31-4)10-11-20(19)26)24(29)25(30)27(22)12-13-32-15(2)3/h6-11,14-15,22,28H,5,12-13H2,1-4H3/b23-21+. The summed E-state index contributed by atoms with van der Waals surface area (Å²) >= 11 is 6.32. The fourth-order valence-electron chi connectivity index (χ4n) is 3.74. The molecule has 32 heavy (non-hydrogen) atoms. The summed E-state index contributed by atoms with van der Waals surface area (Å²) in [7, 11) is 1.50. The average Bonchev–Trinajstić information content (AvgIpc) is 3.04. The van der Waals surface area contributed by atoms with Crippen molar-refractivity contribution in [2.24, 2.45) is 0 Å². The number of hydrogen-bond acceptors (Lipinski definition) is 5. The van der Waals surface area contributed by atoms with E-state index >= 15 is 0 Å². The molecule has 2 aromatic rings. The highest BCUT2D eigenvalue weighted by atomic mass is 35.5. The molecule has 0 bridgehead atoms. The SMILES string of the molecule is CCc1ccc(C2/C(=C(\O)c3cc(OC)ccc3Cl)C(=O)C(=O)N2CCOC(C)C)cc1. The van der Waals surface area contributed by atoms with Gasteiger partial charge in [-0.25, -0.2) is 0 Å². The summed E-state index contributed by atoms with van der Waals surface area (Å²) < 4.78 is 10.8. The molecule has 170 valence electrons. The molecule has 1 amide bonds. The largest absolute Gasteiger partial charge is 0.507 e. The van der Waals surface area contributed by atoms with E-state index in [9.17, 15) is 14.7 Å². The van der Waals surface area contributed by atoms with Gasteiger partial charge in [0.25, 0.3) is 11.7 Å². The van der Waals surface area contributed by atoms with Gasteiger partial charge in [0.1, 0.15) is 11.5 Å². The van der Waals surface area contributed by atoms with Crippen LogP contribution in [0.5, 0.6) is 5.75 Å². The van der Waals surface area contributed by atoms with Gasteiger partial charge in [0.05, 0.1) is 36.5 Å². The number of methoxy groups -OCH3 is 1. The fraction of sp³-hybridized carbons (Fsp3) is 0.360. The van der Waals surface area contributed by atoms with E-state index in [2.05, 4.69) is 6.92 Å². The van der Waals surface area contributed by atoms with Crippen molar-refractivity contribution in [2.75, 3.05) is 20.3 Å². The van der Waals surface area contributed by atoms with Crippen molar-refractivity contribution >= 4 is 29.1 Å². The molecule has 1 N–H and O–H groups in total. The quantitative estimate of drug-likeness (QED) is 0.351. The van der Waals surface area contributed by atoms with Crippen LogP contribution in [-0.2, 0) is 20.7 Å². The van der Waals surface area contributed by atoms with E-state index in [4.69, 9.17) is 21.1 Å². The Labute approximate surface area is 193 Å². The molecule has 1 aliphatic heterocycles. The molecule has 0 saturated carbocycles. The number of carbonyl (C=O) groups excluding carboxylic acids is 2. The minimum Gasteiger partial charge on any atom is -0.507 e. The molecule has 7 heteroatoms. The van der Waals surface area contributed by atoms with Crippen molar-refractivity contribution in [1.82, 2.24) is 4.90 Å². The van der Waals surface area contributed by atoms with E-state index in [1.807, 2.05) is 38.1 Å². The molecule has 2 aromatic carbocycles. The summed E-state index contributed by atoms with van der Waals surface area (Å²) in [6.45, 7) is 6.34. The number of hydrogen-bond donors (Lipinski definition) is 1. The maximum atomic E-state index is 13.1. The van der Waals surface area contributed by atoms with Crippen LogP contribution in [0, 0.1) is 0 Å². The number of amides is 1. The van der Waals surface area contributed by atoms with Crippen molar-refractivity contribution < 1.29 is 24.2 Å². The molecule has 1 fully saturated rings. The topological polar surface area (TPSA) is 76.1 Å². The van der Waals surface area contributed by atoms with Gasteiger partial charge in [-0.05, 0) is 49.6 Å². The van der Waals surface area contributed by atoms with Gasteiger partial charge in [0, 0.05) is 12.1 Å². The van der Waals surface area contributed by atoms with Crippen LogP contribution in [0.3, 0.4) is 0 Å². The Morgan fingerprint density at radius 1 is 1.16 bits per heavy atom. The number of rotatable bonds is 8. The number of aliphatic hydroxyl groups excluding tert-OH is 1. The predicted octanol–water partition coefficient (Wildman–Crippen LogP) is 4.76. The third kappa shape index (κ3) is 4.81. The monoisotopic (exact) mass is 457 g/mol. The number of halogens is 1. The van der Waals surface area contributed by atoms with E-state index in [1.54, 1.807) is 18.2 Å². The number of Topliss-reactive ketones (excluding diaryl/α,β-unsaturated/α-hetero) is 1. The number of aryl methyl sites for hydroxylation is 1. The lowest BCUT2D eigenvalue weighted by atomic mass is 9.94. The Balaban J connectivity index is 2.13. The molecule has 1 saturated heterocycles. The van der Waals surface area contributed by atoms with Gasteiger partial charge >= 0.3 is 0 Å². The van der Waals surface area contributed by atoms with Gasteiger partial charge in [0.15, 0.2) is 0 Å². The lowest BCUT2D eigenvalue weighted by Gasteiger charge is -2.26. The van der Waals surface area contributed by atoms with E-state index in [0.717, 1.165) is 17.5 Å². The Hall–Kier alpha value is -2.83. The molecule has 1 atom stereocenters. The minimum atomic E-state index is -0.754. The summed E-state index contributed by atoms with van der Waals surface area (Å²) in [4.78, 5) is 27.5. The highest BCUT2D eigenvalue weighted by Gasteiger charge is 2.46. The molecule has 0 aliphatic carbocycles. The molecule has 0 radical (unpaired) electrons. The summed E-state index contributed by atoms with van der Waals surface area (Å²) in [6, 6.07) is 11.7. The van der Waals surface area contributed by atoms with Gasteiger partial charge in [-0.3, -0.25) is 9.59 Å². The third-order valence-electron chi connectivity index (χ3n) is 5.46. The van der Waals surface area contributed by atoms with Crippen LogP contribution < -0.4 is 4.74 Å². The number of likely N-dealkylation sites (tertiary alicyclic amines) is 1. The van der Waals surface area contributed by atoms with Crippen LogP contribution in [0.25, 0.3) is 5.76 Å². The van der Waals surface area contributed by atoms with Crippen LogP contribution in [0.4, 0.5) is 0 Å². The van der Waals surface area contributed by atoms with Crippen molar-refractivity contribution in [3.8, 4) is 5.75 Å². The Morgan fingerprint density at radius 3 is 2.44 bits per heavy atom. The van der Waals surface area contributed by atoms with Gasteiger partial charge in [-0.1, -0.05) is 42.8 Å². The molecule has 1 aliphatic rings. The number of aliphatic hydroxyl groups is 1. The predicted molar refractivity (Wildman–Crippen MR) is 124 cm³/mol. The lowest BCUT2D eigenvalue weighted by molar-refractivity contribution is -0.140. The average molecular weight is 458 g/mol. The minimum absolute atomic E-state index is 0.000974. The Kier molecular flexibility index (Phi) is 7.59. The number of ether oxygens (including phenoxy) is 2. The van der Waals surface area contributed by atoms with Gasteiger partial charge in [-0.15, -0.1) is 0 Å². The molecule has 0 spiro atoms. The molecule has 6 nitrogen and oxygen atoms in total. The van der Waals surface area contributed by atoms with Gasteiger partial charge < -0.3 is 19.5 Å². The summed E-state index contributed by atoms with van der Waals surface area (Å²) in [5.41, 5.74) is 2.09. The maximum Gasteiger partial charge on any atom is 0.295 e. The normalized spacial score (nSPS) is 17.9. The first-order valence-electron chi connectivity index (χ1n) is 10.6. The van der Waals surface area contributed by atoms with Gasteiger partial charge in [-0.2, -0.15) is 0 Å². The molecule has 3 rings (SSSR count). The first-order chi connectivity index (χ1) is 15.3. The third-order valence-corrected chi connectivity index (χ3v) is 5.79. The molecular weight excluding hydrogens is 430 g/mol. The second-order valence-electron chi connectivity index (χ2n) is 7.85. The summed E-state index contributed by atoms with van der Waals surface area (Å²) in [5.74, 6) is -1.29. The fourth-order valence-corrected chi connectivity index (χ4v) is 3.94. The Bertz CT molecular complexity index is 1030. The maximum absolute atomic E-state index is 13.1. The smallest absolute Gasteiger partial charge is 0.295 e. The molecule has 1 heterocycles. The van der Waals surface area contributed by atoms with E-state index in [-0.39, 0.29) is 41.2 Å². The van der Waals surface area contributed by atoms with E-state index < -0.39 is 17.7 Å². The number of carbonyl (C=O) groups is 2. The zero-order valence-corrected chi connectivity index (χ0v) is 19.5. The second kappa shape index (κ2) is 10.2. The zero-order valence-electron chi connectivity index (χ0n) is 18.7. The van der Waals surface area contributed by atoms with E-state index in [0.29, 0.717) is 5.75 Å². The van der Waals surface area contributed by atoms with Crippen molar-refractivity contribution in [1.29, 1.82) is 0 Å². The van der Waals surface area contributed by atoms with Crippen LogP contribution in [0.2, 0.25) is 5.02 Å². The first kappa shape index (κ1) is 23.8. The Morgan fingerprint density at radius 2 is 1.84 bits per heavy atom. The van der Waals surface area contributed by atoms with Crippen LogP contribution >= 0.6 is 11.6 Å². The number of nitrogens with zero attached hydrogens (tertiary/aromatic N) is 1. The highest BCUT2D eigenvalue weighted by Crippen LogP contribution is 2.41. The highest BCUT2D eigenvalue weighted by molar-refractivity contribution is 6.47. The molecule has 1 unspecified atom stereocenters. The molecular formula is C25H28ClNO5. The van der Waals surface area contributed by atoms with E-state index in [1.165, 1.54) is 12.0 Å². The van der Waals surface area contributed by atoms with Crippen molar-refractivity contribution in [2.45, 2.75) is 39.3 Å². The first-order valence-corrected chi connectivity index (χ1v) is 11.0. The van der Waals surface area contributed by atoms with Crippen LogP contribution in [0.1, 0.15) is 43.5 Å².